The number of aryl methyl sites for hydroxylation is 1. The molecule has 104 valence electrons. The van der Waals surface area contributed by atoms with Crippen molar-refractivity contribution in [3.63, 3.8) is 0 Å². The van der Waals surface area contributed by atoms with Gasteiger partial charge in [0.1, 0.15) is 0 Å². The van der Waals surface area contributed by atoms with Gasteiger partial charge >= 0.3 is 5.97 Å². The van der Waals surface area contributed by atoms with E-state index in [4.69, 9.17) is 5.11 Å². The highest BCUT2D eigenvalue weighted by Crippen LogP contribution is 2.26. The van der Waals surface area contributed by atoms with Gasteiger partial charge in [0.25, 0.3) is 0 Å². The first-order chi connectivity index (χ1) is 9.38. The number of carboxylic acid groups (broad SMARTS) is 1. The fourth-order valence-electron chi connectivity index (χ4n) is 1.74. The second-order valence-corrected chi connectivity index (χ2v) is 5.45. The van der Waals surface area contributed by atoms with Crippen molar-refractivity contribution >= 4 is 39.9 Å². The Hall–Kier alpha value is -1.70. The number of benzene rings is 2. The number of anilines is 2. The lowest BCUT2D eigenvalue weighted by Gasteiger charge is -2.12. The highest BCUT2D eigenvalue weighted by atomic mass is 127. The molecule has 0 heterocycles. The van der Waals surface area contributed by atoms with Crippen molar-refractivity contribution in [3.8, 4) is 0 Å². The summed E-state index contributed by atoms with van der Waals surface area (Å²) in [5.74, 6) is -3.61. The molecule has 2 N–H and O–H groups in total. The summed E-state index contributed by atoms with van der Waals surface area (Å²) in [6.07, 6.45) is 0. The minimum atomic E-state index is -1.32. The van der Waals surface area contributed by atoms with E-state index in [2.05, 4.69) is 27.9 Å². The topological polar surface area (TPSA) is 49.3 Å². The average Bonchev–Trinajstić information content (AvgIpc) is 2.36. The molecule has 3 nitrogen and oxygen atoms in total. The number of hydrogen-bond donors (Lipinski definition) is 2. The third-order valence-corrected chi connectivity index (χ3v) is 3.42. The lowest BCUT2D eigenvalue weighted by molar-refractivity contribution is 0.0697. The molecule has 2 rings (SSSR count). The summed E-state index contributed by atoms with van der Waals surface area (Å²) in [7, 11) is 0. The molecule has 0 unspecified atom stereocenters. The van der Waals surface area contributed by atoms with Crippen LogP contribution in [-0.4, -0.2) is 11.1 Å². The smallest absolute Gasteiger partial charge is 0.337 e. The highest BCUT2D eigenvalue weighted by Gasteiger charge is 2.16. The molecule has 0 saturated carbocycles. The van der Waals surface area contributed by atoms with Gasteiger partial charge in [-0.25, -0.2) is 13.6 Å². The Labute approximate surface area is 127 Å². The van der Waals surface area contributed by atoms with Gasteiger partial charge in [0.2, 0.25) is 0 Å². The van der Waals surface area contributed by atoms with Crippen molar-refractivity contribution in [1.82, 2.24) is 0 Å². The summed E-state index contributed by atoms with van der Waals surface area (Å²) in [4.78, 5) is 11.1. The fraction of sp³-hybridized carbons (Fsp3) is 0.0714. The van der Waals surface area contributed by atoms with Crippen LogP contribution in [0, 0.1) is 22.1 Å². The quantitative estimate of drug-likeness (QED) is 0.769. The van der Waals surface area contributed by atoms with Gasteiger partial charge in [0.05, 0.1) is 11.3 Å². The monoisotopic (exact) mass is 389 g/mol. The number of hydrogen-bond acceptors (Lipinski definition) is 2. The normalized spacial score (nSPS) is 10.4. The Morgan fingerprint density at radius 3 is 2.40 bits per heavy atom. The molecule has 0 bridgehead atoms. The molecule has 0 amide bonds. The van der Waals surface area contributed by atoms with Crippen molar-refractivity contribution in [3.05, 3.63) is 56.7 Å². The Morgan fingerprint density at radius 1 is 1.15 bits per heavy atom. The Bertz CT molecular complexity index is 689. The fourth-order valence-corrected chi connectivity index (χ4v) is 2.39. The van der Waals surface area contributed by atoms with Gasteiger partial charge in [0, 0.05) is 15.3 Å². The average molecular weight is 389 g/mol. The van der Waals surface area contributed by atoms with E-state index in [9.17, 15) is 13.6 Å². The number of carbonyl (C=O) groups is 1. The summed E-state index contributed by atoms with van der Waals surface area (Å²) in [5, 5.41) is 11.9. The van der Waals surface area contributed by atoms with E-state index in [1.165, 1.54) is 0 Å². The van der Waals surface area contributed by atoms with Crippen LogP contribution in [0.4, 0.5) is 20.2 Å². The standard InChI is InChI=1S/C14H10F2INO2/c1-7-4-8(17)2-3-12(7)18-13-6-11(16)10(15)5-9(13)14(19)20/h2-6,18H,1H3,(H,19,20). The van der Waals surface area contributed by atoms with Crippen LogP contribution >= 0.6 is 22.6 Å². The molecule has 2 aromatic rings. The van der Waals surface area contributed by atoms with E-state index >= 15 is 0 Å². The van der Waals surface area contributed by atoms with Crippen molar-refractivity contribution < 1.29 is 18.7 Å². The summed E-state index contributed by atoms with van der Waals surface area (Å²) in [6.45, 7) is 1.84. The van der Waals surface area contributed by atoms with Crippen molar-refractivity contribution in [2.75, 3.05) is 5.32 Å². The maximum atomic E-state index is 13.3. The van der Waals surface area contributed by atoms with Crippen LogP contribution in [0.25, 0.3) is 0 Å². The zero-order valence-corrected chi connectivity index (χ0v) is 12.5. The molecule has 2 aromatic carbocycles. The molecule has 0 aliphatic rings. The van der Waals surface area contributed by atoms with Crippen LogP contribution in [0.1, 0.15) is 15.9 Å². The molecular formula is C14H10F2INO2. The van der Waals surface area contributed by atoms with Gasteiger partial charge in [0.15, 0.2) is 11.6 Å². The van der Waals surface area contributed by atoms with Gasteiger partial charge in [-0.05, 0) is 59.3 Å². The Balaban J connectivity index is 2.47. The molecule has 0 atom stereocenters. The minimum absolute atomic E-state index is 0.0145. The maximum absolute atomic E-state index is 13.3. The Morgan fingerprint density at radius 2 is 1.80 bits per heavy atom. The van der Waals surface area contributed by atoms with Gasteiger partial charge < -0.3 is 10.4 Å². The zero-order valence-electron chi connectivity index (χ0n) is 10.4. The van der Waals surface area contributed by atoms with Crippen LogP contribution in [0.15, 0.2) is 30.3 Å². The molecule has 0 saturated heterocycles. The SMILES string of the molecule is Cc1cc(I)ccc1Nc1cc(F)c(F)cc1C(=O)O. The molecule has 6 heteroatoms. The summed E-state index contributed by atoms with van der Waals surface area (Å²) >= 11 is 2.15. The number of aromatic carboxylic acids is 1. The lowest BCUT2D eigenvalue weighted by atomic mass is 10.1. The summed E-state index contributed by atoms with van der Waals surface area (Å²) in [6, 6.07) is 6.99. The molecule has 0 fully saturated rings. The van der Waals surface area contributed by atoms with E-state index in [1.807, 2.05) is 19.1 Å². The Kier molecular flexibility index (Phi) is 4.22. The molecule has 20 heavy (non-hydrogen) atoms. The van der Waals surface area contributed by atoms with E-state index in [0.717, 1.165) is 15.2 Å². The van der Waals surface area contributed by atoms with Gasteiger partial charge in [-0.2, -0.15) is 0 Å². The van der Waals surface area contributed by atoms with Crippen LogP contribution in [0.3, 0.4) is 0 Å². The van der Waals surface area contributed by atoms with Crippen LogP contribution in [-0.2, 0) is 0 Å². The maximum Gasteiger partial charge on any atom is 0.337 e. The number of carboxylic acids is 1. The first-order valence-electron chi connectivity index (χ1n) is 5.64. The predicted octanol–water partition coefficient (Wildman–Crippen LogP) is 4.32. The number of halogens is 3. The van der Waals surface area contributed by atoms with E-state index < -0.39 is 17.6 Å². The second-order valence-electron chi connectivity index (χ2n) is 4.20. The van der Waals surface area contributed by atoms with E-state index in [1.54, 1.807) is 6.07 Å². The lowest BCUT2D eigenvalue weighted by Crippen LogP contribution is -2.05. The summed E-state index contributed by atoms with van der Waals surface area (Å²) < 4.78 is 27.4. The van der Waals surface area contributed by atoms with E-state index in [0.29, 0.717) is 11.8 Å². The third kappa shape index (κ3) is 3.06. The molecular weight excluding hydrogens is 379 g/mol. The molecule has 0 aliphatic carbocycles. The van der Waals surface area contributed by atoms with Crippen LogP contribution in [0.5, 0.6) is 0 Å². The van der Waals surface area contributed by atoms with Gasteiger partial charge in [-0.15, -0.1) is 0 Å². The zero-order chi connectivity index (χ0) is 14.9. The van der Waals surface area contributed by atoms with Gasteiger partial charge in [-0.1, -0.05) is 0 Å². The predicted molar refractivity (Wildman–Crippen MR) is 80.5 cm³/mol. The highest BCUT2D eigenvalue weighted by molar-refractivity contribution is 14.1. The first kappa shape index (κ1) is 14.7. The first-order valence-corrected chi connectivity index (χ1v) is 6.72. The third-order valence-electron chi connectivity index (χ3n) is 2.75. The number of rotatable bonds is 3. The second kappa shape index (κ2) is 5.74. The molecule has 0 radical (unpaired) electrons. The summed E-state index contributed by atoms with van der Waals surface area (Å²) in [5.41, 5.74) is 1.21. The van der Waals surface area contributed by atoms with Crippen LogP contribution < -0.4 is 5.32 Å². The van der Waals surface area contributed by atoms with E-state index in [-0.39, 0.29) is 11.3 Å². The molecule has 0 aliphatic heterocycles. The van der Waals surface area contributed by atoms with Crippen molar-refractivity contribution in [2.24, 2.45) is 0 Å². The number of nitrogens with one attached hydrogen (secondary N) is 1. The molecule has 0 aromatic heterocycles. The largest absolute Gasteiger partial charge is 0.478 e. The van der Waals surface area contributed by atoms with Crippen LogP contribution in [0.2, 0.25) is 0 Å². The minimum Gasteiger partial charge on any atom is -0.478 e. The van der Waals surface area contributed by atoms with Crippen molar-refractivity contribution in [2.45, 2.75) is 6.92 Å². The molecule has 0 spiro atoms. The van der Waals surface area contributed by atoms with Crippen molar-refractivity contribution in [1.29, 1.82) is 0 Å². The van der Waals surface area contributed by atoms with Gasteiger partial charge in [-0.3, -0.25) is 0 Å².